The lowest BCUT2D eigenvalue weighted by Crippen LogP contribution is -2.41. The molecule has 0 saturated carbocycles. The van der Waals surface area contributed by atoms with E-state index in [2.05, 4.69) is 5.48 Å². The second-order valence-electron chi connectivity index (χ2n) is 9.41. The van der Waals surface area contributed by atoms with Gasteiger partial charge in [-0.1, -0.05) is 30.3 Å². The van der Waals surface area contributed by atoms with Gasteiger partial charge in [-0.05, 0) is 68.6 Å². The first-order valence-electron chi connectivity index (χ1n) is 11.1. The van der Waals surface area contributed by atoms with Crippen molar-refractivity contribution in [3.63, 3.8) is 0 Å². The van der Waals surface area contributed by atoms with Gasteiger partial charge in [0.25, 0.3) is 5.91 Å². The highest BCUT2D eigenvalue weighted by Crippen LogP contribution is 2.36. The topological polar surface area (TPSA) is 77.0 Å². The normalized spacial score (nSPS) is 16.3. The molecular weight excluding hydrogens is 455 g/mol. The Balaban J connectivity index is 1.37. The number of phenolic OH excluding ortho intramolecular Hbond substituents is 1. The van der Waals surface area contributed by atoms with E-state index in [1.807, 2.05) is 52.0 Å². The molecule has 4 rings (SSSR count). The number of amides is 1. The third-order valence-electron chi connectivity index (χ3n) is 6.39. The first kappa shape index (κ1) is 24.8. The molecule has 1 aliphatic rings. The van der Waals surface area contributed by atoms with E-state index in [1.165, 1.54) is 24.3 Å². The average Bonchev–Trinajstić information content (AvgIpc) is 3.01. The Morgan fingerprint density at radius 3 is 2.26 bits per heavy atom. The van der Waals surface area contributed by atoms with E-state index < -0.39 is 35.9 Å². The summed E-state index contributed by atoms with van der Waals surface area (Å²) in [7, 11) is -0.476. The maximum Gasteiger partial charge on any atom is 0.494 e. The minimum Gasteiger partial charge on any atom is -0.507 e. The van der Waals surface area contributed by atoms with Gasteiger partial charge in [0.05, 0.1) is 23.4 Å². The summed E-state index contributed by atoms with van der Waals surface area (Å²) in [5.41, 5.74) is 3.37. The van der Waals surface area contributed by atoms with Crippen LogP contribution >= 0.6 is 0 Å². The molecule has 35 heavy (non-hydrogen) atoms. The molecule has 0 bridgehead atoms. The highest BCUT2D eigenvalue weighted by Gasteiger charge is 2.51. The zero-order chi connectivity index (χ0) is 25.4. The highest BCUT2D eigenvalue weighted by atomic mass is 19.1. The first-order valence-corrected chi connectivity index (χ1v) is 11.1. The number of hydrogen-bond donors (Lipinski definition) is 2. The van der Waals surface area contributed by atoms with Gasteiger partial charge in [0, 0.05) is 11.6 Å². The molecule has 2 N–H and O–H groups in total. The number of hydrogen-bond acceptors (Lipinski definition) is 5. The third-order valence-corrected chi connectivity index (χ3v) is 6.39. The maximum absolute atomic E-state index is 14.1. The van der Waals surface area contributed by atoms with Crippen molar-refractivity contribution in [1.82, 2.24) is 5.48 Å². The Kier molecular flexibility index (Phi) is 6.68. The number of halogens is 2. The quantitative estimate of drug-likeness (QED) is 0.401. The fourth-order valence-electron chi connectivity index (χ4n) is 3.60. The van der Waals surface area contributed by atoms with Crippen LogP contribution in [0, 0.1) is 11.6 Å². The van der Waals surface area contributed by atoms with E-state index in [4.69, 9.17) is 14.1 Å². The molecule has 0 radical (unpaired) electrons. The molecule has 1 amide bonds. The van der Waals surface area contributed by atoms with Gasteiger partial charge in [0.1, 0.15) is 17.4 Å². The molecule has 0 aromatic heterocycles. The maximum atomic E-state index is 14.1. The van der Waals surface area contributed by atoms with E-state index in [0.29, 0.717) is 5.56 Å². The number of phenols is 1. The van der Waals surface area contributed by atoms with Crippen molar-refractivity contribution >= 4 is 18.5 Å². The second kappa shape index (κ2) is 9.41. The second-order valence-corrected chi connectivity index (χ2v) is 9.41. The summed E-state index contributed by atoms with van der Waals surface area (Å²) < 4.78 is 39.4. The Bertz CT molecular complexity index is 1230. The number of carbonyl (C=O) groups excluding carboxylic acids is 1. The summed E-state index contributed by atoms with van der Waals surface area (Å²) in [5, 5.41) is 10.1. The van der Waals surface area contributed by atoms with Crippen molar-refractivity contribution in [2.75, 3.05) is 0 Å². The largest absolute Gasteiger partial charge is 0.507 e. The lowest BCUT2D eigenvalue weighted by Gasteiger charge is -2.32. The van der Waals surface area contributed by atoms with Gasteiger partial charge in [-0.15, -0.1) is 0 Å². The molecule has 0 spiro atoms. The van der Waals surface area contributed by atoms with Gasteiger partial charge in [0.15, 0.2) is 0 Å². The minimum absolute atomic E-state index is 0.0719. The minimum atomic E-state index is -0.776. The van der Waals surface area contributed by atoms with Crippen LogP contribution in [0.4, 0.5) is 8.78 Å². The molecule has 1 fully saturated rings. The Morgan fingerprint density at radius 2 is 1.63 bits per heavy atom. The molecule has 3 aromatic carbocycles. The number of aromatic hydroxyl groups is 1. The van der Waals surface area contributed by atoms with E-state index >= 15 is 0 Å². The summed E-state index contributed by atoms with van der Waals surface area (Å²) >= 11 is 0. The zero-order valence-electron chi connectivity index (χ0n) is 19.9. The predicted molar refractivity (Wildman–Crippen MR) is 128 cm³/mol. The van der Waals surface area contributed by atoms with Gasteiger partial charge in [-0.25, -0.2) is 14.3 Å². The van der Waals surface area contributed by atoms with Crippen LogP contribution in [0.2, 0.25) is 0 Å². The highest BCUT2D eigenvalue weighted by molar-refractivity contribution is 6.62. The summed E-state index contributed by atoms with van der Waals surface area (Å²) in [6.45, 7) is 8.02. The van der Waals surface area contributed by atoms with Crippen molar-refractivity contribution in [1.29, 1.82) is 0 Å². The number of benzene rings is 3. The molecule has 1 saturated heterocycles. The van der Waals surface area contributed by atoms with E-state index in [1.54, 1.807) is 0 Å². The predicted octanol–water partition coefficient (Wildman–Crippen LogP) is 4.50. The molecule has 0 unspecified atom stereocenters. The van der Waals surface area contributed by atoms with Crippen LogP contribution in [-0.4, -0.2) is 29.3 Å². The van der Waals surface area contributed by atoms with Gasteiger partial charge >= 0.3 is 7.12 Å². The number of carbonyl (C=O) groups is 1. The molecule has 1 aliphatic heterocycles. The molecule has 182 valence electrons. The van der Waals surface area contributed by atoms with E-state index in [0.717, 1.165) is 23.2 Å². The van der Waals surface area contributed by atoms with Crippen LogP contribution < -0.4 is 10.9 Å². The van der Waals surface area contributed by atoms with E-state index in [9.17, 15) is 18.7 Å². The van der Waals surface area contributed by atoms with Crippen molar-refractivity contribution in [3.8, 4) is 16.9 Å². The smallest absolute Gasteiger partial charge is 0.494 e. The van der Waals surface area contributed by atoms with E-state index in [-0.39, 0.29) is 23.5 Å². The molecular formula is C26H26BF2NO5. The van der Waals surface area contributed by atoms with Crippen LogP contribution in [0.5, 0.6) is 5.75 Å². The Hall–Kier alpha value is -3.27. The van der Waals surface area contributed by atoms with Gasteiger partial charge in [0.2, 0.25) is 0 Å². The lowest BCUT2D eigenvalue weighted by molar-refractivity contribution is 0.00578. The fraction of sp³-hybridized carbons (Fsp3) is 0.269. The number of rotatable bonds is 6. The summed E-state index contributed by atoms with van der Waals surface area (Å²) in [5.74, 6) is -2.49. The van der Waals surface area contributed by atoms with Gasteiger partial charge < -0.3 is 14.4 Å². The SMILES string of the molecule is CC1(C)OB(c2ccc(CONC(=O)c3cc(-c4ccc(F)cc4F)ccc3O)cc2)OC1(C)C. The number of hydroxylamine groups is 1. The van der Waals surface area contributed by atoms with Crippen LogP contribution in [0.1, 0.15) is 43.6 Å². The van der Waals surface area contributed by atoms with Crippen LogP contribution in [0.25, 0.3) is 11.1 Å². The summed E-state index contributed by atoms with van der Waals surface area (Å²) in [6.07, 6.45) is 0. The molecule has 1 heterocycles. The Labute approximate surface area is 202 Å². The lowest BCUT2D eigenvalue weighted by atomic mass is 9.79. The van der Waals surface area contributed by atoms with Crippen LogP contribution in [0.3, 0.4) is 0 Å². The van der Waals surface area contributed by atoms with Crippen LogP contribution in [-0.2, 0) is 20.8 Å². The average molecular weight is 481 g/mol. The fourth-order valence-corrected chi connectivity index (χ4v) is 3.60. The van der Waals surface area contributed by atoms with Crippen molar-refractivity contribution in [3.05, 3.63) is 83.4 Å². The zero-order valence-corrected chi connectivity index (χ0v) is 19.9. The monoisotopic (exact) mass is 481 g/mol. The molecule has 0 atom stereocenters. The standard InChI is InChI=1S/C26H26BF2NO5/c1-25(2)26(3,4)35-27(34-25)18-8-5-16(6-9-18)15-33-30-24(32)21-13-17(7-12-23(21)31)20-11-10-19(28)14-22(20)29/h5-14,31H,15H2,1-4H3,(H,30,32). The first-order chi connectivity index (χ1) is 16.5. The van der Waals surface area contributed by atoms with Crippen LogP contribution in [0.15, 0.2) is 60.7 Å². The Morgan fingerprint density at radius 1 is 0.971 bits per heavy atom. The third kappa shape index (κ3) is 5.22. The van der Waals surface area contributed by atoms with Crippen molar-refractivity contribution in [2.45, 2.75) is 45.5 Å². The molecule has 3 aromatic rings. The summed E-state index contributed by atoms with van der Waals surface area (Å²) in [4.78, 5) is 17.9. The molecule has 0 aliphatic carbocycles. The molecule has 6 nitrogen and oxygen atoms in total. The van der Waals surface area contributed by atoms with Crippen molar-refractivity contribution in [2.24, 2.45) is 0 Å². The van der Waals surface area contributed by atoms with Crippen molar-refractivity contribution < 1.29 is 32.8 Å². The van der Waals surface area contributed by atoms with Gasteiger partial charge in [-0.3, -0.25) is 9.63 Å². The summed E-state index contributed by atoms with van der Waals surface area (Å²) in [6, 6.07) is 14.6. The molecule has 9 heteroatoms. The number of nitrogens with one attached hydrogen (secondary N) is 1. The van der Waals surface area contributed by atoms with Gasteiger partial charge in [-0.2, -0.15) is 0 Å².